The Morgan fingerprint density at radius 2 is 1.91 bits per heavy atom. The van der Waals surface area contributed by atoms with Crippen molar-refractivity contribution in [3.8, 4) is 0 Å². The van der Waals surface area contributed by atoms with E-state index in [1.807, 2.05) is 0 Å². The van der Waals surface area contributed by atoms with E-state index in [9.17, 15) is 18.7 Å². The molecule has 170 valence electrons. The zero-order chi connectivity index (χ0) is 24.0. The molecule has 1 atom stereocenters. The molecule has 3 rings (SSSR count). The van der Waals surface area contributed by atoms with E-state index < -0.39 is 24.6 Å². The van der Waals surface area contributed by atoms with E-state index in [1.165, 1.54) is 24.4 Å². The minimum Gasteiger partial charge on any atom is -0.398 e. The monoisotopic (exact) mass is 470 g/mol. The lowest BCUT2D eigenvalue weighted by Gasteiger charge is -2.26. The van der Waals surface area contributed by atoms with Crippen molar-refractivity contribution >= 4 is 28.9 Å². The summed E-state index contributed by atoms with van der Waals surface area (Å²) >= 11 is 5.87. The first-order valence-corrected chi connectivity index (χ1v) is 10.3. The first-order valence-electron chi connectivity index (χ1n) is 9.88. The lowest BCUT2D eigenvalue weighted by atomic mass is 9.99. The van der Waals surface area contributed by atoms with Crippen molar-refractivity contribution in [1.29, 1.82) is 5.41 Å². The van der Waals surface area contributed by atoms with Crippen LogP contribution >= 0.6 is 11.6 Å². The van der Waals surface area contributed by atoms with Crippen LogP contribution in [-0.4, -0.2) is 39.5 Å². The molecule has 0 spiro atoms. The Hall–Kier alpha value is -3.62. The maximum absolute atomic E-state index is 14.8. The quantitative estimate of drug-likeness (QED) is 0.339. The Bertz CT molecular complexity index is 1170. The number of aromatic nitrogens is 1. The largest absolute Gasteiger partial charge is 0.398 e. The number of aliphatic hydroxyl groups is 1. The van der Waals surface area contributed by atoms with Gasteiger partial charge in [-0.2, -0.15) is 0 Å². The van der Waals surface area contributed by atoms with Crippen molar-refractivity contribution < 1.29 is 18.7 Å². The minimum absolute atomic E-state index is 0.155. The normalized spacial score (nSPS) is 12.3. The van der Waals surface area contributed by atoms with Crippen LogP contribution in [0.3, 0.4) is 0 Å². The molecule has 0 aliphatic heterocycles. The number of alkyl halides is 1. The van der Waals surface area contributed by atoms with E-state index in [4.69, 9.17) is 22.7 Å². The first-order chi connectivity index (χ1) is 15.8. The molecular formula is C24H21ClF2N4O2. The topological polar surface area (TPSA) is 103 Å². The summed E-state index contributed by atoms with van der Waals surface area (Å²) in [6.45, 7) is -1.21. The number of benzene rings is 2. The third kappa shape index (κ3) is 5.79. The van der Waals surface area contributed by atoms with Gasteiger partial charge in [0, 0.05) is 22.5 Å². The second-order valence-corrected chi connectivity index (χ2v) is 7.49. The predicted octanol–water partition coefficient (Wildman–Crippen LogP) is 4.17. The predicted molar refractivity (Wildman–Crippen MR) is 123 cm³/mol. The van der Waals surface area contributed by atoms with Gasteiger partial charge in [-0.05, 0) is 48.0 Å². The van der Waals surface area contributed by atoms with Crippen LogP contribution in [-0.2, 0) is 6.54 Å². The molecule has 9 heteroatoms. The van der Waals surface area contributed by atoms with E-state index in [2.05, 4.69) is 4.98 Å². The summed E-state index contributed by atoms with van der Waals surface area (Å²) in [5.74, 6) is -1.75. The van der Waals surface area contributed by atoms with E-state index in [-0.39, 0.29) is 29.1 Å². The first kappa shape index (κ1) is 24.0. The number of hydrogen-bond donors (Lipinski definition) is 3. The lowest BCUT2D eigenvalue weighted by molar-refractivity contribution is 0.0203. The summed E-state index contributed by atoms with van der Waals surface area (Å²) in [6.07, 6.45) is 0.637. The highest BCUT2D eigenvalue weighted by atomic mass is 35.5. The van der Waals surface area contributed by atoms with E-state index in [0.717, 1.165) is 11.0 Å². The summed E-state index contributed by atoms with van der Waals surface area (Å²) < 4.78 is 29.3. The van der Waals surface area contributed by atoms with Gasteiger partial charge in [-0.1, -0.05) is 35.9 Å². The van der Waals surface area contributed by atoms with Crippen molar-refractivity contribution in [3.05, 3.63) is 106 Å². The summed E-state index contributed by atoms with van der Waals surface area (Å²) in [7, 11) is 0. The van der Waals surface area contributed by atoms with Crippen LogP contribution in [0.4, 0.5) is 8.78 Å². The molecule has 0 radical (unpaired) electrons. The van der Waals surface area contributed by atoms with Gasteiger partial charge < -0.3 is 21.1 Å². The van der Waals surface area contributed by atoms with E-state index in [0.29, 0.717) is 16.3 Å². The fraction of sp³-hybridized carbons (Fsp3) is 0.125. The van der Waals surface area contributed by atoms with Crippen LogP contribution in [0, 0.1) is 11.2 Å². The molecule has 0 bridgehead atoms. The third-order valence-corrected chi connectivity index (χ3v) is 5.05. The van der Waals surface area contributed by atoms with E-state index in [1.54, 1.807) is 42.5 Å². The average Bonchev–Trinajstić information content (AvgIpc) is 2.82. The molecule has 4 N–H and O–H groups in total. The molecule has 3 aromatic rings. The fourth-order valence-corrected chi connectivity index (χ4v) is 3.27. The maximum atomic E-state index is 14.8. The Kier molecular flexibility index (Phi) is 7.87. The smallest absolute Gasteiger partial charge is 0.257 e. The highest BCUT2D eigenvalue weighted by Crippen LogP contribution is 2.22. The molecule has 0 aliphatic rings. The number of nitrogens with two attached hydrogens (primary N) is 1. The molecule has 1 amide bonds. The Morgan fingerprint density at radius 1 is 1.18 bits per heavy atom. The van der Waals surface area contributed by atoms with Crippen molar-refractivity contribution in [2.24, 2.45) is 5.73 Å². The zero-order valence-corrected chi connectivity index (χ0v) is 18.1. The van der Waals surface area contributed by atoms with Crippen LogP contribution in [0.25, 0.3) is 5.70 Å². The number of carbonyl (C=O) groups is 1. The van der Waals surface area contributed by atoms with Gasteiger partial charge in [-0.3, -0.25) is 9.78 Å². The van der Waals surface area contributed by atoms with Gasteiger partial charge in [0.05, 0.1) is 30.1 Å². The average molecular weight is 471 g/mol. The van der Waals surface area contributed by atoms with Crippen molar-refractivity contribution in [1.82, 2.24) is 9.88 Å². The number of carbonyl (C=O) groups excluding carboxylic acids is 1. The number of rotatable bonds is 8. The number of nitrogens with one attached hydrogen (secondary N) is 1. The van der Waals surface area contributed by atoms with Crippen LogP contribution in [0.2, 0.25) is 5.02 Å². The number of allylic oxidation sites excluding steroid dienone is 1. The molecule has 2 aromatic carbocycles. The maximum Gasteiger partial charge on any atom is 0.257 e. The molecule has 0 saturated carbocycles. The molecule has 0 aliphatic carbocycles. The van der Waals surface area contributed by atoms with Crippen molar-refractivity contribution in [3.63, 3.8) is 0 Å². The van der Waals surface area contributed by atoms with Gasteiger partial charge in [0.1, 0.15) is 5.82 Å². The SMILES string of the molecule is N=C(/C=C(\N)c1ccc(Cl)cc1)c1c(F)cccc1C(=O)N(Cc1ccccn1)C(F)CO. The molecule has 1 unspecified atom stereocenters. The molecule has 1 heterocycles. The summed E-state index contributed by atoms with van der Waals surface area (Å²) in [5, 5.41) is 18.2. The Balaban J connectivity index is 1.98. The van der Waals surface area contributed by atoms with Gasteiger partial charge in [-0.25, -0.2) is 8.78 Å². The molecule has 6 nitrogen and oxygen atoms in total. The van der Waals surface area contributed by atoms with Crippen LogP contribution in [0.15, 0.2) is 72.9 Å². The highest BCUT2D eigenvalue weighted by Gasteiger charge is 2.28. The Labute approximate surface area is 194 Å². The van der Waals surface area contributed by atoms with Gasteiger partial charge in [0.2, 0.25) is 0 Å². The fourth-order valence-electron chi connectivity index (χ4n) is 3.15. The summed E-state index contributed by atoms with van der Waals surface area (Å²) in [4.78, 5) is 18.0. The number of hydrogen-bond acceptors (Lipinski definition) is 5. The lowest BCUT2D eigenvalue weighted by Crippen LogP contribution is -2.40. The summed E-state index contributed by atoms with van der Waals surface area (Å²) in [5.41, 5.74) is 6.18. The summed E-state index contributed by atoms with van der Waals surface area (Å²) in [6, 6.07) is 15.1. The van der Waals surface area contributed by atoms with Crippen molar-refractivity contribution in [2.75, 3.05) is 6.61 Å². The standard InChI is InChI=1S/C24H21ClF2N4O2/c25-16-9-7-15(8-10-16)20(28)12-21(29)23-18(5-3-6-19(23)26)24(33)31(22(27)14-32)13-17-4-1-2-11-30-17/h1-12,22,29,32H,13-14,28H2/b20-12-,29-21?. The minimum atomic E-state index is -2.06. The number of aliphatic hydroxyl groups excluding tert-OH is 1. The molecule has 0 saturated heterocycles. The number of amides is 1. The molecule has 1 aromatic heterocycles. The molecule has 0 fully saturated rings. The van der Waals surface area contributed by atoms with Crippen LogP contribution in [0.5, 0.6) is 0 Å². The van der Waals surface area contributed by atoms with Gasteiger partial charge in [0.15, 0.2) is 6.30 Å². The Morgan fingerprint density at radius 3 is 2.55 bits per heavy atom. The second kappa shape index (κ2) is 10.8. The highest BCUT2D eigenvalue weighted by molar-refractivity contribution is 6.30. The van der Waals surface area contributed by atoms with Gasteiger partial charge in [0.25, 0.3) is 5.91 Å². The number of halogens is 3. The second-order valence-electron chi connectivity index (χ2n) is 7.05. The number of nitrogens with zero attached hydrogens (tertiary/aromatic N) is 2. The number of pyridine rings is 1. The van der Waals surface area contributed by atoms with Gasteiger partial charge >= 0.3 is 0 Å². The zero-order valence-electron chi connectivity index (χ0n) is 17.4. The van der Waals surface area contributed by atoms with Crippen molar-refractivity contribution in [2.45, 2.75) is 12.8 Å². The third-order valence-electron chi connectivity index (χ3n) is 4.80. The van der Waals surface area contributed by atoms with E-state index >= 15 is 0 Å². The molecular weight excluding hydrogens is 450 g/mol. The van der Waals surface area contributed by atoms with Gasteiger partial charge in [-0.15, -0.1) is 0 Å². The van der Waals surface area contributed by atoms with Crippen LogP contribution < -0.4 is 5.73 Å². The molecule has 33 heavy (non-hydrogen) atoms. The van der Waals surface area contributed by atoms with Crippen LogP contribution in [0.1, 0.15) is 27.2 Å².